The molecule has 2 heteroatoms. The van der Waals surface area contributed by atoms with Crippen LogP contribution in [-0.2, 0) is 0 Å². The fourth-order valence-corrected chi connectivity index (χ4v) is 2.03. The lowest BCUT2D eigenvalue weighted by atomic mass is 9.99. The Hall–Kier alpha value is -0.340. The molecule has 1 rings (SSSR count). The van der Waals surface area contributed by atoms with Gasteiger partial charge in [-0.1, -0.05) is 20.4 Å². The largest absolute Gasteiger partial charge is 0.313 e. The molecular formula is C13H26N2. The summed E-state index contributed by atoms with van der Waals surface area (Å²) in [5.41, 5.74) is 1.33. The van der Waals surface area contributed by atoms with Crippen molar-refractivity contribution in [3.63, 3.8) is 0 Å². The third-order valence-electron chi connectivity index (χ3n) is 3.13. The van der Waals surface area contributed by atoms with Gasteiger partial charge in [-0.05, 0) is 50.4 Å². The third kappa shape index (κ3) is 5.33. The monoisotopic (exact) mass is 210 g/mol. The van der Waals surface area contributed by atoms with Crippen molar-refractivity contribution in [2.45, 2.75) is 33.1 Å². The molecule has 0 bridgehead atoms. The van der Waals surface area contributed by atoms with E-state index in [1.807, 2.05) is 0 Å². The average molecular weight is 210 g/mol. The fourth-order valence-electron chi connectivity index (χ4n) is 2.03. The maximum Gasteiger partial charge on any atom is 0.0202 e. The van der Waals surface area contributed by atoms with E-state index in [9.17, 15) is 0 Å². The Morgan fingerprint density at radius 2 is 2.07 bits per heavy atom. The van der Waals surface area contributed by atoms with Crippen LogP contribution < -0.4 is 5.32 Å². The van der Waals surface area contributed by atoms with Crippen LogP contribution in [0.3, 0.4) is 0 Å². The number of nitrogens with one attached hydrogen (secondary N) is 1. The predicted molar refractivity (Wildman–Crippen MR) is 67.1 cm³/mol. The molecule has 0 aromatic carbocycles. The Kier molecular flexibility index (Phi) is 5.96. The second-order valence-corrected chi connectivity index (χ2v) is 4.89. The molecule has 0 amide bonds. The SMILES string of the molecule is C=C(CNCCC)CN1CCC(C)CC1. The Labute approximate surface area is 94.7 Å². The van der Waals surface area contributed by atoms with Gasteiger partial charge in [-0.2, -0.15) is 0 Å². The van der Waals surface area contributed by atoms with Crippen LogP contribution >= 0.6 is 0 Å². The molecule has 0 aliphatic carbocycles. The van der Waals surface area contributed by atoms with Crippen LogP contribution in [0.15, 0.2) is 12.2 Å². The molecule has 0 spiro atoms. The van der Waals surface area contributed by atoms with Crippen LogP contribution in [0, 0.1) is 5.92 Å². The molecule has 0 aromatic heterocycles. The number of hydrogen-bond donors (Lipinski definition) is 1. The molecule has 1 fully saturated rings. The Morgan fingerprint density at radius 3 is 2.67 bits per heavy atom. The Balaban J connectivity index is 2.09. The van der Waals surface area contributed by atoms with E-state index in [1.54, 1.807) is 0 Å². The molecule has 0 unspecified atom stereocenters. The van der Waals surface area contributed by atoms with Crippen molar-refractivity contribution in [3.8, 4) is 0 Å². The first-order chi connectivity index (χ1) is 7.22. The van der Waals surface area contributed by atoms with E-state index in [0.717, 1.165) is 25.6 Å². The summed E-state index contributed by atoms with van der Waals surface area (Å²) in [6, 6.07) is 0. The first-order valence-corrected chi connectivity index (χ1v) is 6.32. The normalized spacial score (nSPS) is 19.3. The van der Waals surface area contributed by atoms with Gasteiger partial charge in [-0.15, -0.1) is 0 Å². The van der Waals surface area contributed by atoms with Crippen molar-refractivity contribution >= 4 is 0 Å². The van der Waals surface area contributed by atoms with Crippen molar-refractivity contribution in [2.24, 2.45) is 5.92 Å². The van der Waals surface area contributed by atoms with Gasteiger partial charge in [0.25, 0.3) is 0 Å². The van der Waals surface area contributed by atoms with E-state index in [2.05, 4.69) is 30.6 Å². The van der Waals surface area contributed by atoms with Gasteiger partial charge >= 0.3 is 0 Å². The lowest BCUT2D eigenvalue weighted by Gasteiger charge is -2.30. The average Bonchev–Trinajstić information content (AvgIpc) is 2.22. The molecule has 1 heterocycles. The van der Waals surface area contributed by atoms with Crippen LogP contribution in [0.25, 0.3) is 0 Å². The molecule has 0 saturated carbocycles. The summed E-state index contributed by atoms with van der Waals surface area (Å²) in [6.07, 6.45) is 3.92. The zero-order chi connectivity index (χ0) is 11.1. The van der Waals surface area contributed by atoms with Crippen molar-refractivity contribution in [1.82, 2.24) is 10.2 Å². The van der Waals surface area contributed by atoms with Crippen molar-refractivity contribution in [1.29, 1.82) is 0 Å². The van der Waals surface area contributed by atoms with Gasteiger partial charge in [0.15, 0.2) is 0 Å². The molecule has 1 N–H and O–H groups in total. The summed E-state index contributed by atoms with van der Waals surface area (Å²) >= 11 is 0. The Morgan fingerprint density at radius 1 is 1.40 bits per heavy atom. The molecule has 0 atom stereocenters. The lowest BCUT2D eigenvalue weighted by Crippen LogP contribution is -2.35. The summed E-state index contributed by atoms with van der Waals surface area (Å²) < 4.78 is 0. The topological polar surface area (TPSA) is 15.3 Å². The van der Waals surface area contributed by atoms with Gasteiger partial charge in [-0.3, -0.25) is 4.90 Å². The molecule has 15 heavy (non-hydrogen) atoms. The molecule has 0 radical (unpaired) electrons. The molecular weight excluding hydrogens is 184 g/mol. The van der Waals surface area contributed by atoms with Gasteiger partial charge in [0, 0.05) is 13.1 Å². The zero-order valence-corrected chi connectivity index (χ0v) is 10.4. The summed E-state index contributed by atoms with van der Waals surface area (Å²) in [6.45, 7) is 14.4. The zero-order valence-electron chi connectivity index (χ0n) is 10.4. The minimum Gasteiger partial charge on any atom is -0.313 e. The van der Waals surface area contributed by atoms with Gasteiger partial charge in [0.05, 0.1) is 0 Å². The van der Waals surface area contributed by atoms with E-state index in [0.29, 0.717) is 0 Å². The van der Waals surface area contributed by atoms with Crippen LogP contribution in [0.5, 0.6) is 0 Å². The van der Waals surface area contributed by atoms with Gasteiger partial charge in [0.2, 0.25) is 0 Å². The maximum absolute atomic E-state index is 4.14. The fraction of sp³-hybridized carbons (Fsp3) is 0.846. The van der Waals surface area contributed by atoms with E-state index in [4.69, 9.17) is 0 Å². The quantitative estimate of drug-likeness (QED) is 0.534. The highest BCUT2D eigenvalue weighted by atomic mass is 15.1. The van der Waals surface area contributed by atoms with Crippen LogP contribution in [0.1, 0.15) is 33.1 Å². The van der Waals surface area contributed by atoms with Crippen molar-refractivity contribution in [2.75, 3.05) is 32.7 Å². The first kappa shape index (κ1) is 12.7. The van der Waals surface area contributed by atoms with Crippen molar-refractivity contribution < 1.29 is 0 Å². The summed E-state index contributed by atoms with van der Waals surface area (Å²) in [5, 5.41) is 3.41. The van der Waals surface area contributed by atoms with E-state index < -0.39 is 0 Å². The number of rotatable bonds is 6. The molecule has 1 aliphatic heterocycles. The minimum absolute atomic E-state index is 0.924. The first-order valence-electron chi connectivity index (χ1n) is 6.32. The van der Waals surface area contributed by atoms with E-state index in [1.165, 1.54) is 37.9 Å². The predicted octanol–water partition coefficient (Wildman–Crippen LogP) is 2.27. The van der Waals surface area contributed by atoms with Crippen LogP contribution in [0.4, 0.5) is 0 Å². The van der Waals surface area contributed by atoms with Crippen LogP contribution in [-0.4, -0.2) is 37.6 Å². The van der Waals surface area contributed by atoms with Gasteiger partial charge in [0.1, 0.15) is 0 Å². The second-order valence-electron chi connectivity index (χ2n) is 4.89. The second kappa shape index (κ2) is 7.02. The molecule has 88 valence electrons. The number of piperidine rings is 1. The lowest BCUT2D eigenvalue weighted by molar-refractivity contribution is 0.205. The highest BCUT2D eigenvalue weighted by Crippen LogP contribution is 2.16. The molecule has 1 saturated heterocycles. The van der Waals surface area contributed by atoms with Crippen molar-refractivity contribution in [3.05, 3.63) is 12.2 Å². The van der Waals surface area contributed by atoms with Gasteiger partial charge in [-0.25, -0.2) is 0 Å². The number of hydrogen-bond acceptors (Lipinski definition) is 2. The van der Waals surface area contributed by atoms with Gasteiger partial charge < -0.3 is 5.32 Å². The summed E-state index contributed by atoms with van der Waals surface area (Å²) in [5.74, 6) is 0.924. The Bertz CT molecular complexity index is 181. The third-order valence-corrected chi connectivity index (χ3v) is 3.13. The summed E-state index contributed by atoms with van der Waals surface area (Å²) in [4.78, 5) is 2.54. The number of nitrogens with zero attached hydrogens (tertiary/aromatic N) is 1. The van der Waals surface area contributed by atoms with E-state index >= 15 is 0 Å². The van der Waals surface area contributed by atoms with E-state index in [-0.39, 0.29) is 0 Å². The highest BCUT2D eigenvalue weighted by molar-refractivity contribution is 5.00. The standard InChI is InChI=1S/C13H26N2/c1-4-7-14-10-13(3)11-15-8-5-12(2)6-9-15/h12,14H,3-11H2,1-2H3. The van der Waals surface area contributed by atoms with Crippen LogP contribution in [0.2, 0.25) is 0 Å². The summed E-state index contributed by atoms with van der Waals surface area (Å²) in [7, 11) is 0. The maximum atomic E-state index is 4.14. The highest BCUT2D eigenvalue weighted by Gasteiger charge is 2.15. The number of likely N-dealkylation sites (tertiary alicyclic amines) is 1. The smallest absolute Gasteiger partial charge is 0.0202 e. The minimum atomic E-state index is 0.924. The molecule has 0 aromatic rings. The molecule has 2 nitrogen and oxygen atoms in total. The molecule has 1 aliphatic rings.